The van der Waals surface area contributed by atoms with Gasteiger partial charge in [-0.3, -0.25) is 19.4 Å². The monoisotopic (exact) mass is 535 g/mol. The minimum Gasteiger partial charge on any atom is -0.480 e. The molecule has 0 amide bonds. The van der Waals surface area contributed by atoms with Crippen LogP contribution in [0, 0.1) is 0 Å². The highest BCUT2D eigenvalue weighted by atomic mass is 16.4. The minimum absolute atomic E-state index is 0.00909. The fourth-order valence-corrected chi connectivity index (χ4v) is 8.38. The zero-order chi connectivity index (χ0) is 27.1. The molecule has 2 bridgehead atoms. The molecule has 39 heavy (non-hydrogen) atoms. The molecule has 212 valence electrons. The van der Waals surface area contributed by atoms with Gasteiger partial charge in [0.1, 0.15) is 5.54 Å². The Labute approximate surface area is 232 Å². The van der Waals surface area contributed by atoms with Crippen LogP contribution >= 0.6 is 0 Å². The molecule has 0 radical (unpaired) electrons. The van der Waals surface area contributed by atoms with Gasteiger partial charge in [0.05, 0.1) is 11.0 Å². The van der Waals surface area contributed by atoms with Gasteiger partial charge >= 0.3 is 5.97 Å². The van der Waals surface area contributed by atoms with Crippen LogP contribution in [0.5, 0.6) is 0 Å². The summed E-state index contributed by atoms with van der Waals surface area (Å²) in [6.07, 6.45) is 15.0. The number of carboxylic acids is 1. The molecule has 0 unspecified atom stereocenters. The maximum Gasteiger partial charge on any atom is 0.324 e. The standard InChI is InChI=1S/C31H45N5O3/c1-33(2)31(30(38)39)16-18-34(19-17-31)28-29(37)36(27-13-9-8-12-26(27)32-28)25-20-23-14-15-24(21-25)35(23)22-10-6-4-3-5-7-11-22/h8-9,12-13,22-25H,3-7,10-11,14-21H2,1-2H3,(H,38,39)/t23-,24+,25+. The number of nitrogens with zero attached hydrogens (tertiary/aromatic N) is 5. The molecular formula is C31H45N5O3. The first-order valence-electron chi connectivity index (χ1n) is 15.3. The number of carboxylic acid groups (broad SMARTS) is 1. The third-order valence-corrected chi connectivity index (χ3v) is 10.5. The van der Waals surface area contributed by atoms with E-state index in [1.807, 2.05) is 48.2 Å². The number of hydrogen-bond donors (Lipinski definition) is 1. The molecule has 1 aliphatic carbocycles. The van der Waals surface area contributed by atoms with Crippen LogP contribution in [0.3, 0.4) is 0 Å². The molecule has 2 aromatic rings. The van der Waals surface area contributed by atoms with E-state index in [0.717, 1.165) is 23.9 Å². The van der Waals surface area contributed by atoms with E-state index >= 15 is 0 Å². The number of piperidine rings is 2. The molecule has 4 aliphatic rings. The van der Waals surface area contributed by atoms with Crippen LogP contribution in [-0.4, -0.2) is 81.3 Å². The number of likely N-dealkylation sites (N-methyl/N-ethyl adjacent to an activating group) is 1. The van der Waals surface area contributed by atoms with Crippen molar-refractivity contribution in [3.63, 3.8) is 0 Å². The maximum absolute atomic E-state index is 14.2. The second kappa shape index (κ2) is 10.8. The highest BCUT2D eigenvalue weighted by Crippen LogP contribution is 2.44. The van der Waals surface area contributed by atoms with Gasteiger partial charge in [-0.05, 0) is 77.6 Å². The zero-order valence-electron chi connectivity index (χ0n) is 23.7. The molecular weight excluding hydrogens is 490 g/mol. The fourth-order valence-electron chi connectivity index (χ4n) is 8.38. The summed E-state index contributed by atoms with van der Waals surface area (Å²) < 4.78 is 2.07. The highest BCUT2D eigenvalue weighted by Gasteiger charge is 2.46. The molecule has 1 aromatic carbocycles. The molecule has 1 aromatic heterocycles. The maximum atomic E-state index is 14.2. The summed E-state index contributed by atoms with van der Waals surface area (Å²) in [5.41, 5.74) is 0.880. The van der Waals surface area contributed by atoms with Crippen molar-refractivity contribution >= 4 is 22.8 Å². The summed E-state index contributed by atoms with van der Waals surface area (Å²) in [4.78, 5) is 38.0. The predicted octanol–water partition coefficient (Wildman–Crippen LogP) is 4.66. The quantitative estimate of drug-likeness (QED) is 0.596. The van der Waals surface area contributed by atoms with E-state index in [0.29, 0.717) is 49.9 Å². The minimum atomic E-state index is -0.893. The molecule has 8 nitrogen and oxygen atoms in total. The number of rotatable bonds is 5. The van der Waals surface area contributed by atoms with E-state index in [2.05, 4.69) is 9.47 Å². The van der Waals surface area contributed by atoms with Crippen LogP contribution in [0.4, 0.5) is 5.82 Å². The number of hydrogen-bond acceptors (Lipinski definition) is 6. The second-order valence-corrected chi connectivity index (χ2v) is 12.8. The van der Waals surface area contributed by atoms with Crippen LogP contribution in [0.15, 0.2) is 29.1 Å². The van der Waals surface area contributed by atoms with Crippen molar-refractivity contribution < 1.29 is 9.90 Å². The Hall–Kier alpha value is -2.45. The largest absolute Gasteiger partial charge is 0.480 e. The lowest BCUT2D eigenvalue weighted by atomic mass is 9.86. The topological polar surface area (TPSA) is 81.9 Å². The zero-order valence-corrected chi connectivity index (χ0v) is 23.7. The van der Waals surface area contributed by atoms with Crippen molar-refractivity contribution in [1.82, 2.24) is 19.4 Å². The van der Waals surface area contributed by atoms with Gasteiger partial charge < -0.3 is 14.6 Å². The van der Waals surface area contributed by atoms with E-state index in [4.69, 9.17) is 4.98 Å². The summed E-state index contributed by atoms with van der Waals surface area (Å²) in [5, 5.41) is 9.98. The van der Waals surface area contributed by atoms with E-state index < -0.39 is 11.5 Å². The van der Waals surface area contributed by atoms with Crippen LogP contribution in [0.25, 0.3) is 11.0 Å². The van der Waals surface area contributed by atoms with Gasteiger partial charge in [0.2, 0.25) is 0 Å². The lowest BCUT2D eigenvalue weighted by molar-refractivity contribution is -0.151. The first-order valence-corrected chi connectivity index (χ1v) is 15.3. The summed E-state index contributed by atoms with van der Waals surface area (Å²) in [7, 11) is 3.67. The van der Waals surface area contributed by atoms with Crippen molar-refractivity contribution in [3.05, 3.63) is 34.6 Å². The van der Waals surface area contributed by atoms with Crippen LogP contribution < -0.4 is 10.5 Å². The average Bonchev–Trinajstić information content (AvgIpc) is 3.16. The van der Waals surface area contributed by atoms with Gasteiger partial charge in [-0.2, -0.15) is 0 Å². The molecule has 8 heteroatoms. The van der Waals surface area contributed by atoms with Gasteiger partial charge in [0.15, 0.2) is 5.82 Å². The van der Waals surface area contributed by atoms with Crippen LogP contribution in [-0.2, 0) is 4.79 Å². The Balaban J connectivity index is 1.29. The molecule has 4 heterocycles. The third-order valence-electron chi connectivity index (χ3n) is 10.5. The number of anilines is 1. The number of carbonyl (C=O) groups is 1. The molecule has 6 rings (SSSR count). The van der Waals surface area contributed by atoms with Gasteiger partial charge in [-0.25, -0.2) is 4.98 Å². The molecule has 4 fully saturated rings. The van der Waals surface area contributed by atoms with Gasteiger partial charge in [-0.15, -0.1) is 0 Å². The Morgan fingerprint density at radius 2 is 1.51 bits per heavy atom. The SMILES string of the molecule is CN(C)C1(C(=O)O)CCN(c2nc3ccccc3n([C@H]3C[C@H]4CC[C@@H](C3)N4C3CCCCCCC3)c2=O)CC1. The Bertz CT molecular complexity index is 1230. The second-order valence-electron chi connectivity index (χ2n) is 12.8. The summed E-state index contributed by atoms with van der Waals surface area (Å²) in [5.74, 6) is -0.302. The predicted molar refractivity (Wildman–Crippen MR) is 155 cm³/mol. The highest BCUT2D eigenvalue weighted by molar-refractivity contribution is 5.80. The smallest absolute Gasteiger partial charge is 0.324 e. The molecule has 3 aliphatic heterocycles. The molecule has 0 spiro atoms. The summed E-state index contributed by atoms with van der Waals surface area (Å²) >= 11 is 0. The van der Waals surface area contributed by atoms with Gasteiger partial charge in [0.25, 0.3) is 5.56 Å². The van der Waals surface area contributed by atoms with Crippen LogP contribution in [0.1, 0.15) is 89.5 Å². The molecule has 1 saturated carbocycles. The summed E-state index contributed by atoms with van der Waals surface area (Å²) in [6.45, 7) is 1.02. The number of para-hydroxylation sites is 2. The van der Waals surface area contributed by atoms with Crippen molar-refractivity contribution in [3.8, 4) is 0 Å². The molecule has 3 saturated heterocycles. The number of aliphatic carboxylic acids is 1. The lowest BCUT2D eigenvalue weighted by Crippen LogP contribution is -2.58. The summed E-state index contributed by atoms with van der Waals surface area (Å²) in [6, 6.07) is 10.1. The normalized spacial score (nSPS) is 28.5. The van der Waals surface area contributed by atoms with E-state index in [9.17, 15) is 14.7 Å². The van der Waals surface area contributed by atoms with E-state index in [-0.39, 0.29) is 11.6 Å². The van der Waals surface area contributed by atoms with Crippen molar-refractivity contribution in [2.75, 3.05) is 32.1 Å². The Morgan fingerprint density at radius 1 is 0.897 bits per heavy atom. The van der Waals surface area contributed by atoms with Crippen LogP contribution in [0.2, 0.25) is 0 Å². The van der Waals surface area contributed by atoms with Crippen molar-refractivity contribution in [2.24, 2.45) is 0 Å². The van der Waals surface area contributed by atoms with Gasteiger partial charge in [-0.1, -0.05) is 44.2 Å². The Kier molecular flexibility index (Phi) is 7.44. The van der Waals surface area contributed by atoms with E-state index in [1.165, 1.54) is 57.8 Å². The number of aromatic nitrogens is 2. The van der Waals surface area contributed by atoms with Gasteiger partial charge in [0, 0.05) is 37.3 Å². The van der Waals surface area contributed by atoms with E-state index in [1.54, 1.807) is 0 Å². The first-order chi connectivity index (χ1) is 18.9. The number of fused-ring (bicyclic) bond motifs is 3. The lowest BCUT2D eigenvalue weighted by Gasteiger charge is -2.45. The van der Waals surface area contributed by atoms with Crippen molar-refractivity contribution in [2.45, 2.75) is 113 Å². The molecule has 1 N–H and O–H groups in total. The Morgan fingerprint density at radius 3 is 2.13 bits per heavy atom. The fraction of sp³-hybridized carbons (Fsp3) is 0.710. The molecule has 3 atom stereocenters. The third kappa shape index (κ3) is 4.77. The number of benzene rings is 1. The first kappa shape index (κ1) is 26.8. The average molecular weight is 536 g/mol. The van der Waals surface area contributed by atoms with Crippen molar-refractivity contribution in [1.29, 1.82) is 0 Å².